The zero-order valence-electron chi connectivity index (χ0n) is 16.0. The van der Waals surface area contributed by atoms with Gasteiger partial charge in [-0.25, -0.2) is 9.37 Å². The van der Waals surface area contributed by atoms with Gasteiger partial charge in [-0.05, 0) is 41.6 Å². The highest BCUT2D eigenvalue weighted by molar-refractivity contribution is 6.00. The normalized spacial score (nSPS) is 17.4. The number of fused-ring (bicyclic) bond motifs is 1. The molecular weight excluding hydrogens is 371 g/mol. The lowest BCUT2D eigenvalue weighted by molar-refractivity contribution is 0.0960. The molecule has 2 heterocycles. The van der Waals surface area contributed by atoms with Crippen LogP contribution in [-0.2, 0) is 4.74 Å². The maximum Gasteiger partial charge on any atom is 0.163 e. The number of carbonyl (C=O) groups is 1. The first-order valence-electron chi connectivity index (χ1n) is 9.76. The summed E-state index contributed by atoms with van der Waals surface area (Å²) >= 11 is 0. The number of aliphatic hydroxyl groups excluding tert-OH is 1. The molecule has 29 heavy (non-hydrogen) atoms. The van der Waals surface area contributed by atoms with Crippen molar-refractivity contribution in [2.75, 3.05) is 25.1 Å². The molecule has 5 nitrogen and oxygen atoms in total. The fraction of sp³-hybridized carbons (Fsp3) is 0.304. The van der Waals surface area contributed by atoms with E-state index in [-0.39, 0.29) is 30.7 Å². The average molecular weight is 394 g/mol. The van der Waals surface area contributed by atoms with E-state index in [1.807, 2.05) is 18.2 Å². The average Bonchev–Trinajstić information content (AvgIpc) is 3.24. The summed E-state index contributed by atoms with van der Waals surface area (Å²) in [5, 5.41) is 14.9. The Labute approximate surface area is 168 Å². The Kier molecular flexibility index (Phi) is 5.83. The van der Waals surface area contributed by atoms with E-state index in [4.69, 9.17) is 4.74 Å². The molecule has 1 unspecified atom stereocenters. The van der Waals surface area contributed by atoms with Crippen LogP contribution in [-0.4, -0.2) is 41.7 Å². The van der Waals surface area contributed by atoms with E-state index in [9.17, 15) is 14.3 Å². The number of ketones is 1. The van der Waals surface area contributed by atoms with E-state index < -0.39 is 5.92 Å². The fourth-order valence-corrected chi connectivity index (χ4v) is 3.64. The molecule has 6 heteroatoms. The van der Waals surface area contributed by atoms with Crippen molar-refractivity contribution in [3.63, 3.8) is 0 Å². The third kappa shape index (κ3) is 4.60. The van der Waals surface area contributed by atoms with Gasteiger partial charge in [0.25, 0.3) is 0 Å². The van der Waals surface area contributed by atoms with Crippen LogP contribution in [0.4, 0.5) is 10.2 Å². The van der Waals surface area contributed by atoms with E-state index in [1.54, 1.807) is 24.4 Å². The minimum absolute atomic E-state index is 0.0919. The smallest absolute Gasteiger partial charge is 0.163 e. The van der Waals surface area contributed by atoms with Crippen molar-refractivity contribution < 1.29 is 19.0 Å². The molecule has 3 aromatic rings. The SMILES string of the molecule is O=C(C[C@H](CO)c1cccc(F)c1)c1ccc2cnc(NC3CCOC3)cc2c1. The number of pyridine rings is 1. The number of ether oxygens (including phenoxy) is 1. The summed E-state index contributed by atoms with van der Waals surface area (Å²) in [6, 6.07) is 13.7. The highest BCUT2D eigenvalue weighted by atomic mass is 19.1. The number of anilines is 1. The van der Waals surface area contributed by atoms with Crippen LogP contribution >= 0.6 is 0 Å². The fourth-order valence-electron chi connectivity index (χ4n) is 3.64. The highest BCUT2D eigenvalue weighted by Gasteiger charge is 2.18. The molecule has 150 valence electrons. The van der Waals surface area contributed by atoms with Crippen LogP contribution in [0.15, 0.2) is 54.7 Å². The van der Waals surface area contributed by atoms with Crippen molar-refractivity contribution in [1.29, 1.82) is 0 Å². The monoisotopic (exact) mass is 394 g/mol. The molecule has 0 amide bonds. The van der Waals surface area contributed by atoms with E-state index in [2.05, 4.69) is 10.3 Å². The molecule has 0 aliphatic carbocycles. The second kappa shape index (κ2) is 8.68. The summed E-state index contributed by atoms with van der Waals surface area (Å²) < 4.78 is 18.9. The number of aliphatic hydroxyl groups is 1. The molecule has 2 N–H and O–H groups in total. The number of rotatable bonds is 7. The summed E-state index contributed by atoms with van der Waals surface area (Å²) in [6.07, 6.45) is 2.84. The highest BCUT2D eigenvalue weighted by Crippen LogP contribution is 2.25. The van der Waals surface area contributed by atoms with Crippen molar-refractivity contribution in [1.82, 2.24) is 4.98 Å². The number of Topliss-reactive ketones (excluding diaryl/α,β-unsaturated/α-hetero) is 1. The molecule has 2 aromatic carbocycles. The standard InChI is InChI=1S/C23H23FN2O3/c24-20-3-1-2-15(9-20)19(13-27)10-22(28)16-4-5-17-12-25-23(11-18(17)8-16)26-21-6-7-29-14-21/h1-5,8-9,11-12,19,21,27H,6-7,10,13-14H2,(H,25,26)/t19-,21?/m1/s1. The largest absolute Gasteiger partial charge is 0.396 e. The van der Waals surface area contributed by atoms with Crippen LogP contribution in [0.2, 0.25) is 0 Å². The van der Waals surface area contributed by atoms with Gasteiger partial charge in [-0.2, -0.15) is 0 Å². The second-order valence-corrected chi connectivity index (χ2v) is 7.40. The van der Waals surface area contributed by atoms with Crippen LogP contribution in [0.1, 0.15) is 34.7 Å². The summed E-state index contributed by atoms with van der Waals surface area (Å²) in [5.41, 5.74) is 1.19. The molecule has 0 radical (unpaired) electrons. The number of nitrogens with zero attached hydrogens (tertiary/aromatic N) is 1. The number of halogens is 1. The molecule has 2 atom stereocenters. The Morgan fingerprint density at radius 2 is 2.14 bits per heavy atom. The molecule has 4 rings (SSSR count). The van der Waals surface area contributed by atoms with Gasteiger partial charge in [-0.3, -0.25) is 4.79 Å². The van der Waals surface area contributed by atoms with Gasteiger partial charge in [0, 0.05) is 36.1 Å². The maximum absolute atomic E-state index is 13.5. The summed E-state index contributed by atoms with van der Waals surface area (Å²) in [7, 11) is 0. The first-order valence-corrected chi connectivity index (χ1v) is 9.76. The van der Waals surface area contributed by atoms with E-state index in [0.29, 0.717) is 17.7 Å². The minimum atomic E-state index is -0.439. The van der Waals surface area contributed by atoms with Crippen LogP contribution < -0.4 is 5.32 Å². The molecule has 0 saturated carbocycles. The summed E-state index contributed by atoms with van der Waals surface area (Å²) in [6.45, 7) is 1.20. The number of benzene rings is 2. The molecule has 1 saturated heterocycles. The van der Waals surface area contributed by atoms with Gasteiger partial charge in [0.05, 0.1) is 19.3 Å². The lowest BCUT2D eigenvalue weighted by Gasteiger charge is -2.15. The van der Waals surface area contributed by atoms with Crippen LogP contribution in [0.25, 0.3) is 10.8 Å². The Bertz CT molecular complexity index is 1020. The van der Waals surface area contributed by atoms with Crippen molar-refractivity contribution in [2.45, 2.75) is 24.8 Å². The summed E-state index contributed by atoms with van der Waals surface area (Å²) in [4.78, 5) is 17.3. The third-order valence-corrected chi connectivity index (χ3v) is 5.30. The second-order valence-electron chi connectivity index (χ2n) is 7.40. The Morgan fingerprint density at radius 3 is 2.90 bits per heavy atom. The van der Waals surface area contributed by atoms with Crippen molar-refractivity contribution >= 4 is 22.4 Å². The quantitative estimate of drug-likeness (QED) is 0.594. The van der Waals surface area contributed by atoms with Crippen molar-refractivity contribution in [2.24, 2.45) is 0 Å². The Hall–Kier alpha value is -2.83. The summed E-state index contributed by atoms with van der Waals surface area (Å²) in [5.74, 6) is -0.151. The third-order valence-electron chi connectivity index (χ3n) is 5.30. The Morgan fingerprint density at radius 1 is 1.24 bits per heavy atom. The zero-order chi connectivity index (χ0) is 20.2. The van der Waals surface area contributed by atoms with E-state index in [1.165, 1.54) is 12.1 Å². The number of hydrogen-bond acceptors (Lipinski definition) is 5. The Balaban J connectivity index is 1.53. The van der Waals surface area contributed by atoms with Gasteiger partial charge < -0.3 is 15.2 Å². The topological polar surface area (TPSA) is 71.5 Å². The predicted octanol–water partition coefficient (Wildman–Crippen LogP) is 3.92. The first-order chi connectivity index (χ1) is 14.1. The van der Waals surface area contributed by atoms with Gasteiger partial charge in [0.15, 0.2) is 5.78 Å². The lowest BCUT2D eigenvalue weighted by atomic mass is 9.91. The lowest BCUT2D eigenvalue weighted by Crippen LogP contribution is -2.19. The van der Waals surface area contributed by atoms with E-state index >= 15 is 0 Å². The molecule has 1 aliphatic rings. The van der Waals surface area contributed by atoms with E-state index in [0.717, 1.165) is 29.6 Å². The van der Waals surface area contributed by atoms with Crippen LogP contribution in [0.5, 0.6) is 0 Å². The van der Waals surface area contributed by atoms with Crippen LogP contribution in [0.3, 0.4) is 0 Å². The predicted molar refractivity (Wildman–Crippen MR) is 110 cm³/mol. The van der Waals surface area contributed by atoms with Gasteiger partial charge in [0.2, 0.25) is 0 Å². The number of hydrogen-bond donors (Lipinski definition) is 2. The van der Waals surface area contributed by atoms with Gasteiger partial charge in [0.1, 0.15) is 11.6 Å². The molecule has 1 aromatic heterocycles. The zero-order valence-corrected chi connectivity index (χ0v) is 16.0. The molecular formula is C23H23FN2O3. The van der Waals surface area contributed by atoms with Crippen molar-refractivity contribution in [3.05, 3.63) is 71.7 Å². The first kappa shape index (κ1) is 19.5. The number of nitrogens with one attached hydrogen (secondary N) is 1. The number of aromatic nitrogens is 1. The maximum atomic E-state index is 13.5. The minimum Gasteiger partial charge on any atom is -0.396 e. The molecule has 0 bridgehead atoms. The number of carbonyl (C=O) groups excluding carboxylic acids is 1. The van der Waals surface area contributed by atoms with Gasteiger partial charge in [-0.1, -0.05) is 24.3 Å². The molecule has 1 aliphatic heterocycles. The van der Waals surface area contributed by atoms with Gasteiger partial charge in [-0.15, -0.1) is 0 Å². The molecule has 1 fully saturated rings. The van der Waals surface area contributed by atoms with Crippen molar-refractivity contribution in [3.8, 4) is 0 Å². The van der Waals surface area contributed by atoms with Gasteiger partial charge >= 0.3 is 0 Å². The molecule has 0 spiro atoms. The van der Waals surface area contributed by atoms with Crippen LogP contribution in [0, 0.1) is 5.82 Å².